The third kappa shape index (κ3) is 5.87. The lowest BCUT2D eigenvalue weighted by Gasteiger charge is -2.06. The molecule has 0 bridgehead atoms. The van der Waals surface area contributed by atoms with E-state index in [2.05, 4.69) is 35.9 Å². The number of aryl methyl sites for hydroxylation is 2. The van der Waals surface area contributed by atoms with Crippen LogP contribution in [0, 0.1) is 13.8 Å². The molecule has 1 rings (SSSR count). The van der Waals surface area contributed by atoms with Gasteiger partial charge in [-0.15, -0.1) is 0 Å². The van der Waals surface area contributed by atoms with Crippen LogP contribution in [0.3, 0.4) is 0 Å². The number of unbranched alkanes of at least 4 members (excludes halogenated alkanes) is 2. The van der Waals surface area contributed by atoms with Gasteiger partial charge in [-0.25, -0.2) is 0 Å². The van der Waals surface area contributed by atoms with Gasteiger partial charge in [-0.1, -0.05) is 13.3 Å². The summed E-state index contributed by atoms with van der Waals surface area (Å²) in [5.74, 6) is -0.0865. The van der Waals surface area contributed by atoms with Crippen LogP contribution in [0.1, 0.15) is 56.5 Å². The Kier molecular flexibility index (Phi) is 8.05. The molecule has 0 atom stereocenters. The summed E-state index contributed by atoms with van der Waals surface area (Å²) in [4.78, 5) is 11.2. The Morgan fingerprint density at radius 2 is 2.00 bits per heavy atom. The highest BCUT2D eigenvalue weighted by Crippen LogP contribution is 2.14. The van der Waals surface area contributed by atoms with Crippen LogP contribution in [-0.2, 0) is 22.6 Å². The molecule has 0 radical (unpaired) electrons. The SMILES string of the molecule is CCNCc1c(C)nn(CCCCCC(=O)OCC)c1C. The van der Waals surface area contributed by atoms with E-state index < -0.39 is 0 Å². The molecule has 1 aromatic rings. The van der Waals surface area contributed by atoms with Crippen molar-refractivity contribution < 1.29 is 9.53 Å². The molecule has 1 N–H and O–H groups in total. The highest BCUT2D eigenvalue weighted by atomic mass is 16.5. The van der Waals surface area contributed by atoms with Gasteiger partial charge in [-0.2, -0.15) is 5.10 Å². The Morgan fingerprint density at radius 3 is 2.67 bits per heavy atom. The smallest absolute Gasteiger partial charge is 0.305 e. The highest BCUT2D eigenvalue weighted by molar-refractivity contribution is 5.69. The summed E-state index contributed by atoms with van der Waals surface area (Å²) in [6.45, 7) is 11.4. The number of rotatable bonds is 10. The Bertz CT molecular complexity index is 441. The molecule has 1 heterocycles. The number of ether oxygens (including phenoxy) is 1. The van der Waals surface area contributed by atoms with E-state index in [1.54, 1.807) is 0 Å². The van der Waals surface area contributed by atoms with Crippen molar-refractivity contribution in [3.63, 3.8) is 0 Å². The van der Waals surface area contributed by atoms with E-state index in [4.69, 9.17) is 4.74 Å². The van der Waals surface area contributed by atoms with Gasteiger partial charge in [-0.3, -0.25) is 9.48 Å². The minimum absolute atomic E-state index is 0.0865. The van der Waals surface area contributed by atoms with Crippen LogP contribution >= 0.6 is 0 Å². The first-order valence-corrected chi connectivity index (χ1v) is 7.99. The number of hydrogen-bond acceptors (Lipinski definition) is 4. The predicted molar refractivity (Wildman–Crippen MR) is 84.2 cm³/mol. The Hall–Kier alpha value is -1.36. The van der Waals surface area contributed by atoms with Gasteiger partial charge in [0.2, 0.25) is 0 Å². The summed E-state index contributed by atoms with van der Waals surface area (Å²) >= 11 is 0. The van der Waals surface area contributed by atoms with Crippen LogP contribution in [0.25, 0.3) is 0 Å². The van der Waals surface area contributed by atoms with Gasteiger partial charge >= 0.3 is 5.97 Å². The van der Waals surface area contributed by atoms with Crippen LogP contribution in [0.15, 0.2) is 0 Å². The quantitative estimate of drug-likeness (QED) is 0.532. The first kappa shape index (κ1) is 17.7. The fraction of sp³-hybridized carbons (Fsp3) is 0.750. The minimum atomic E-state index is -0.0865. The van der Waals surface area contributed by atoms with E-state index in [1.807, 2.05) is 6.92 Å². The van der Waals surface area contributed by atoms with E-state index in [9.17, 15) is 4.79 Å². The lowest BCUT2D eigenvalue weighted by Crippen LogP contribution is -2.13. The zero-order chi connectivity index (χ0) is 15.7. The number of nitrogens with one attached hydrogen (secondary N) is 1. The van der Waals surface area contributed by atoms with Gasteiger partial charge < -0.3 is 10.1 Å². The summed E-state index contributed by atoms with van der Waals surface area (Å²) < 4.78 is 7.01. The van der Waals surface area contributed by atoms with E-state index in [0.717, 1.165) is 44.6 Å². The molecule has 0 saturated heterocycles. The molecule has 0 amide bonds. The van der Waals surface area contributed by atoms with Gasteiger partial charge in [0, 0.05) is 30.8 Å². The highest BCUT2D eigenvalue weighted by Gasteiger charge is 2.10. The van der Waals surface area contributed by atoms with Crippen molar-refractivity contribution in [2.45, 2.75) is 66.5 Å². The summed E-state index contributed by atoms with van der Waals surface area (Å²) in [7, 11) is 0. The Morgan fingerprint density at radius 1 is 1.24 bits per heavy atom. The second kappa shape index (κ2) is 9.55. The average Bonchev–Trinajstić information content (AvgIpc) is 2.71. The fourth-order valence-corrected chi connectivity index (χ4v) is 2.40. The monoisotopic (exact) mass is 295 g/mol. The molecule has 0 aliphatic heterocycles. The molecule has 5 heteroatoms. The van der Waals surface area contributed by atoms with Crippen LogP contribution in [0.5, 0.6) is 0 Å². The number of nitrogens with zero attached hydrogens (tertiary/aromatic N) is 2. The molecular weight excluding hydrogens is 266 g/mol. The topological polar surface area (TPSA) is 56.2 Å². The van der Waals surface area contributed by atoms with Crippen molar-refractivity contribution in [2.75, 3.05) is 13.2 Å². The molecule has 0 aromatic carbocycles. The average molecular weight is 295 g/mol. The van der Waals surface area contributed by atoms with E-state index in [0.29, 0.717) is 13.0 Å². The Labute approximate surface area is 128 Å². The van der Waals surface area contributed by atoms with Crippen LogP contribution in [0.4, 0.5) is 0 Å². The van der Waals surface area contributed by atoms with Crippen LogP contribution < -0.4 is 5.32 Å². The molecular formula is C16H29N3O2. The predicted octanol–water partition coefficient (Wildman–Crippen LogP) is 2.73. The summed E-state index contributed by atoms with van der Waals surface area (Å²) in [6, 6.07) is 0. The van der Waals surface area contributed by atoms with E-state index >= 15 is 0 Å². The summed E-state index contributed by atoms with van der Waals surface area (Å²) in [5, 5.41) is 7.97. The van der Waals surface area contributed by atoms with E-state index in [1.165, 1.54) is 11.3 Å². The zero-order valence-electron chi connectivity index (χ0n) is 13.9. The maximum atomic E-state index is 11.2. The van der Waals surface area contributed by atoms with Crippen molar-refractivity contribution in [1.82, 2.24) is 15.1 Å². The molecule has 0 aliphatic carbocycles. The molecule has 0 spiro atoms. The third-order valence-electron chi connectivity index (χ3n) is 3.64. The number of hydrogen-bond donors (Lipinski definition) is 1. The molecule has 5 nitrogen and oxygen atoms in total. The van der Waals surface area contributed by atoms with Crippen LogP contribution in [0.2, 0.25) is 0 Å². The number of esters is 1. The number of aromatic nitrogens is 2. The zero-order valence-corrected chi connectivity index (χ0v) is 13.9. The van der Waals surface area contributed by atoms with Crippen LogP contribution in [-0.4, -0.2) is 28.9 Å². The second-order valence-corrected chi connectivity index (χ2v) is 5.27. The standard InChI is InChI=1S/C16H29N3O2/c1-5-17-12-15-13(3)18-19(14(15)4)11-9-7-8-10-16(20)21-6-2/h17H,5-12H2,1-4H3. The van der Waals surface area contributed by atoms with Gasteiger partial charge in [0.25, 0.3) is 0 Å². The largest absolute Gasteiger partial charge is 0.466 e. The molecule has 1 aromatic heterocycles. The van der Waals surface area contributed by atoms with Gasteiger partial charge in [-0.05, 0) is 40.2 Å². The lowest BCUT2D eigenvalue weighted by atomic mass is 10.2. The summed E-state index contributed by atoms with van der Waals surface area (Å²) in [6.07, 6.45) is 3.49. The molecule has 0 unspecified atom stereocenters. The summed E-state index contributed by atoms with van der Waals surface area (Å²) in [5.41, 5.74) is 3.67. The van der Waals surface area contributed by atoms with Crippen molar-refractivity contribution in [3.8, 4) is 0 Å². The van der Waals surface area contributed by atoms with Gasteiger partial charge in [0.05, 0.1) is 12.3 Å². The lowest BCUT2D eigenvalue weighted by molar-refractivity contribution is -0.143. The van der Waals surface area contributed by atoms with Crippen molar-refractivity contribution in [1.29, 1.82) is 0 Å². The van der Waals surface area contributed by atoms with Crippen molar-refractivity contribution >= 4 is 5.97 Å². The molecule has 21 heavy (non-hydrogen) atoms. The first-order valence-electron chi connectivity index (χ1n) is 7.99. The maximum Gasteiger partial charge on any atom is 0.305 e. The Balaban J connectivity index is 2.34. The molecule has 120 valence electrons. The molecule has 0 aliphatic rings. The normalized spacial score (nSPS) is 10.9. The number of carbonyl (C=O) groups is 1. The first-order chi connectivity index (χ1) is 10.1. The van der Waals surface area contributed by atoms with Gasteiger partial charge in [0.15, 0.2) is 0 Å². The van der Waals surface area contributed by atoms with Crippen molar-refractivity contribution in [3.05, 3.63) is 17.0 Å². The maximum absolute atomic E-state index is 11.2. The van der Waals surface area contributed by atoms with Gasteiger partial charge in [0.1, 0.15) is 0 Å². The molecule has 0 fully saturated rings. The minimum Gasteiger partial charge on any atom is -0.466 e. The fourth-order valence-electron chi connectivity index (χ4n) is 2.40. The third-order valence-corrected chi connectivity index (χ3v) is 3.64. The van der Waals surface area contributed by atoms with Crippen molar-refractivity contribution in [2.24, 2.45) is 0 Å². The van der Waals surface area contributed by atoms with E-state index in [-0.39, 0.29) is 5.97 Å². The molecule has 0 saturated carbocycles. The number of carbonyl (C=O) groups excluding carboxylic acids is 1. The second-order valence-electron chi connectivity index (χ2n) is 5.27.